The maximum absolute atomic E-state index is 7.65. The van der Waals surface area contributed by atoms with Gasteiger partial charge >= 0.3 is 0 Å². The summed E-state index contributed by atoms with van der Waals surface area (Å²) in [4.78, 5) is 2.32. The molecule has 0 spiro atoms. The van der Waals surface area contributed by atoms with Gasteiger partial charge in [-0.25, -0.2) is 0 Å². The zero-order valence-corrected chi connectivity index (χ0v) is 11.0. The summed E-state index contributed by atoms with van der Waals surface area (Å²) >= 11 is 5.96. The molecule has 1 aliphatic rings. The van der Waals surface area contributed by atoms with Gasteiger partial charge in [0.05, 0.1) is 0 Å². The van der Waals surface area contributed by atoms with Crippen molar-refractivity contribution in [1.29, 1.82) is 5.41 Å². The molecule has 1 fully saturated rings. The summed E-state index contributed by atoms with van der Waals surface area (Å²) < 4.78 is 0. The van der Waals surface area contributed by atoms with Crippen LogP contribution in [-0.2, 0) is 0 Å². The minimum absolute atomic E-state index is 0.0780. The number of nitrogens with one attached hydrogen (secondary N) is 1. The molecule has 2 rings (SSSR count). The largest absolute Gasteiger partial charge is 0.384 e. The highest BCUT2D eigenvalue weighted by Gasteiger charge is 2.28. The van der Waals surface area contributed by atoms with E-state index in [4.69, 9.17) is 22.7 Å². The van der Waals surface area contributed by atoms with E-state index in [0.29, 0.717) is 17.0 Å². The first-order chi connectivity index (χ1) is 7.99. The van der Waals surface area contributed by atoms with Crippen LogP contribution in [0.3, 0.4) is 0 Å². The Morgan fingerprint density at radius 3 is 2.71 bits per heavy atom. The summed E-state index contributed by atoms with van der Waals surface area (Å²) in [7, 11) is 0. The number of amidine groups is 1. The van der Waals surface area contributed by atoms with E-state index < -0.39 is 0 Å². The summed E-state index contributed by atoms with van der Waals surface area (Å²) in [5.41, 5.74) is 7.39. The smallest absolute Gasteiger partial charge is 0.124 e. The first-order valence-corrected chi connectivity index (χ1v) is 6.27. The number of nitrogen functional groups attached to an aromatic ring is 1. The number of nitrogens with two attached hydrogens (primary N) is 1. The third-order valence-electron chi connectivity index (χ3n) is 3.34. The maximum atomic E-state index is 7.65. The molecule has 1 saturated heterocycles. The Morgan fingerprint density at radius 2 is 2.18 bits per heavy atom. The zero-order chi connectivity index (χ0) is 12.6. The van der Waals surface area contributed by atoms with Crippen molar-refractivity contribution in [3.05, 3.63) is 28.8 Å². The molecule has 17 heavy (non-hydrogen) atoms. The normalized spacial score (nSPS) is 24.1. The van der Waals surface area contributed by atoms with E-state index in [1.165, 1.54) is 6.42 Å². The number of hydrogen-bond acceptors (Lipinski definition) is 2. The summed E-state index contributed by atoms with van der Waals surface area (Å²) in [6, 6.07) is 6.09. The van der Waals surface area contributed by atoms with Gasteiger partial charge in [-0.15, -0.1) is 0 Å². The molecule has 1 heterocycles. The third kappa shape index (κ3) is 2.39. The topological polar surface area (TPSA) is 53.1 Å². The van der Waals surface area contributed by atoms with Crippen LogP contribution in [-0.4, -0.2) is 18.4 Å². The van der Waals surface area contributed by atoms with Crippen LogP contribution in [0.4, 0.5) is 5.69 Å². The first kappa shape index (κ1) is 12.2. The van der Waals surface area contributed by atoms with Crippen molar-refractivity contribution in [2.24, 2.45) is 11.7 Å². The van der Waals surface area contributed by atoms with E-state index in [0.717, 1.165) is 17.8 Å². The SMILES string of the molecule is CC1CC(C)N(c2ccc(Cl)cc2C(=N)N)C1. The molecule has 0 saturated carbocycles. The van der Waals surface area contributed by atoms with Gasteiger partial charge in [-0.2, -0.15) is 0 Å². The zero-order valence-electron chi connectivity index (χ0n) is 10.2. The molecule has 2 unspecified atom stereocenters. The van der Waals surface area contributed by atoms with Crippen LogP contribution in [0.1, 0.15) is 25.8 Å². The average Bonchev–Trinajstić information content (AvgIpc) is 2.57. The minimum Gasteiger partial charge on any atom is -0.384 e. The van der Waals surface area contributed by atoms with Crippen LogP contribution in [0, 0.1) is 11.3 Å². The lowest BCUT2D eigenvalue weighted by atomic mass is 10.1. The van der Waals surface area contributed by atoms with Crippen molar-refractivity contribution in [3.63, 3.8) is 0 Å². The van der Waals surface area contributed by atoms with E-state index in [1.54, 1.807) is 6.07 Å². The van der Waals surface area contributed by atoms with Crippen LogP contribution in [0.5, 0.6) is 0 Å². The summed E-state index contributed by atoms with van der Waals surface area (Å²) in [5, 5.41) is 8.27. The lowest BCUT2D eigenvalue weighted by molar-refractivity contribution is 0.625. The van der Waals surface area contributed by atoms with Crippen LogP contribution in [0.15, 0.2) is 18.2 Å². The lowest BCUT2D eigenvalue weighted by Crippen LogP contribution is -2.29. The monoisotopic (exact) mass is 251 g/mol. The fourth-order valence-corrected chi connectivity index (χ4v) is 2.78. The maximum Gasteiger partial charge on any atom is 0.124 e. The molecule has 0 aromatic heterocycles. The van der Waals surface area contributed by atoms with Crippen molar-refractivity contribution < 1.29 is 0 Å². The Balaban J connectivity index is 2.41. The van der Waals surface area contributed by atoms with E-state index >= 15 is 0 Å². The van der Waals surface area contributed by atoms with E-state index in [-0.39, 0.29) is 5.84 Å². The molecule has 0 aliphatic carbocycles. The Kier molecular flexibility index (Phi) is 3.29. The van der Waals surface area contributed by atoms with E-state index in [9.17, 15) is 0 Å². The standard InChI is InChI=1S/C13H18ClN3/c1-8-5-9(2)17(7-8)12-4-3-10(14)6-11(12)13(15)16/h3-4,6,8-9H,5,7H2,1-2H3,(H3,15,16). The number of anilines is 1. The Hall–Kier alpha value is -1.22. The predicted molar refractivity (Wildman–Crippen MR) is 73.1 cm³/mol. The molecular weight excluding hydrogens is 234 g/mol. The second kappa shape index (κ2) is 4.57. The number of nitrogens with zero attached hydrogens (tertiary/aromatic N) is 1. The Labute approximate surface area is 107 Å². The second-order valence-corrected chi connectivity index (χ2v) is 5.35. The van der Waals surface area contributed by atoms with Gasteiger partial charge in [-0.3, -0.25) is 5.41 Å². The summed E-state index contributed by atoms with van der Waals surface area (Å²) in [5.74, 6) is 0.759. The van der Waals surface area contributed by atoms with Crippen LogP contribution >= 0.6 is 11.6 Å². The number of rotatable bonds is 2. The van der Waals surface area contributed by atoms with Gasteiger partial charge in [-0.05, 0) is 37.5 Å². The van der Waals surface area contributed by atoms with Gasteiger partial charge < -0.3 is 10.6 Å². The molecule has 1 aliphatic heterocycles. The molecule has 1 aromatic carbocycles. The van der Waals surface area contributed by atoms with Gasteiger partial charge in [0.15, 0.2) is 0 Å². The van der Waals surface area contributed by atoms with Gasteiger partial charge in [-0.1, -0.05) is 18.5 Å². The molecule has 3 nitrogen and oxygen atoms in total. The van der Waals surface area contributed by atoms with Crippen LogP contribution < -0.4 is 10.6 Å². The average molecular weight is 252 g/mol. The highest BCUT2D eigenvalue weighted by atomic mass is 35.5. The Morgan fingerprint density at radius 1 is 1.47 bits per heavy atom. The highest BCUT2D eigenvalue weighted by Crippen LogP contribution is 2.32. The third-order valence-corrected chi connectivity index (χ3v) is 3.58. The molecular formula is C13H18ClN3. The summed E-state index contributed by atoms with van der Waals surface area (Å²) in [6.45, 7) is 5.48. The molecule has 92 valence electrons. The fraction of sp³-hybridized carbons (Fsp3) is 0.462. The van der Waals surface area contributed by atoms with Crippen molar-refractivity contribution in [2.75, 3.05) is 11.4 Å². The summed E-state index contributed by atoms with van der Waals surface area (Å²) in [6.07, 6.45) is 1.18. The minimum atomic E-state index is 0.0780. The quantitative estimate of drug-likeness (QED) is 0.627. The number of hydrogen-bond donors (Lipinski definition) is 2. The van der Waals surface area contributed by atoms with Crippen molar-refractivity contribution in [2.45, 2.75) is 26.3 Å². The van der Waals surface area contributed by atoms with Gasteiger partial charge in [0.25, 0.3) is 0 Å². The van der Waals surface area contributed by atoms with Gasteiger partial charge in [0.1, 0.15) is 5.84 Å². The van der Waals surface area contributed by atoms with Crippen molar-refractivity contribution >= 4 is 23.1 Å². The van der Waals surface area contributed by atoms with E-state index in [1.807, 2.05) is 12.1 Å². The molecule has 0 bridgehead atoms. The number of halogens is 1. The fourth-order valence-electron chi connectivity index (χ4n) is 2.61. The molecule has 4 heteroatoms. The number of benzene rings is 1. The first-order valence-electron chi connectivity index (χ1n) is 5.89. The molecule has 0 amide bonds. The Bertz CT molecular complexity index is 444. The predicted octanol–water partition coefficient (Wildman–Crippen LogP) is 2.86. The highest BCUT2D eigenvalue weighted by molar-refractivity contribution is 6.31. The van der Waals surface area contributed by atoms with Crippen molar-refractivity contribution in [1.82, 2.24) is 0 Å². The molecule has 0 radical (unpaired) electrons. The van der Waals surface area contributed by atoms with E-state index in [2.05, 4.69) is 18.7 Å². The molecule has 2 atom stereocenters. The molecule has 3 N–H and O–H groups in total. The van der Waals surface area contributed by atoms with Crippen LogP contribution in [0.2, 0.25) is 5.02 Å². The van der Waals surface area contributed by atoms with Gasteiger partial charge in [0.2, 0.25) is 0 Å². The van der Waals surface area contributed by atoms with Crippen LogP contribution in [0.25, 0.3) is 0 Å². The van der Waals surface area contributed by atoms with Gasteiger partial charge in [0, 0.05) is 28.9 Å². The van der Waals surface area contributed by atoms with Crippen molar-refractivity contribution in [3.8, 4) is 0 Å². The lowest BCUT2D eigenvalue weighted by Gasteiger charge is -2.26. The molecule has 1 aromatic rings. The second-order valence-electron chi connectivity index (χ2n) is 4.92.